The normalized spacial score (nSPS) is 20.5. The Morgan fingerprint density at radius 2 is 2.42 bits per heavy atom. The number of thiol groups is 1. The number of rotatable bonds is 2. The van der Waals surface area contributed by atoms with Crippen molar-refractivity contribution < 1.29 is 0 Å². The number of aromatic nitrogens is 2. The van der Waals surface area contributed by atoms with Crippen molar-refractivity contribution in [1.82, 2.24) is 9.97 Å². The second kappa shape index (κ2) is 3.13. The van der Waals surface area contributed by atoms with Gasteiger partial charge in [0, 0.05) is 17.8 Å². The van der Waals surface area contributed by atoms with E-state index in [4.69, 9.17) is 0 Å². The molecule has 12 heavy (non-hydrogen) atoms. The summed E-state index contributed by atoms with van der Waals surface area (Å²) in [6.45, 7) is 2.03. The van der Waals surface area contributed by atoms with Crippen molar-refractivity contribution in [2.24, 2.45) is 0 Å². The minimum atomic E-state index is 0.221. The fourth-order valence-corrected chi connectivity index (χ4v) is 1.62. The number of nitrogens with zero attached hydrogens (tertiary/aromatic N) is 1. The molecule has 0 saturated heterocycles. The van der Waals surface area contributed by atoms with Gasteiger partial charge in [-0.15, -0.1) is 0 Å². The van der Waals surface area contributed by atoms with E-state index in [1.807, 2.05) is 13.1 Å². The van der Waals surface area contributed by atoms with Gasteiger partial charge in [-0.25, -0.2) is 4.98 Å². The van der Waals surface area contributed by atoms with Crippen LogP contribution in [0.2, 0.25) is 0 Å². The van der Waals surface area contributed by atoms with Gasteiger partial charge in [-0.2, -0.15) is 12.6 Å². The molecule has 0 spiro atoms. The number of imidazole rings is 1. The van der Waals surface area contributed by atoms with Gasteiger partial charge < -0.3 is 4.98 Å². The van der Waals surface area contributed by atoms with Gasteiger partial charge in [-0.05, 0) is 19.8 Å². The molecule has 1 heterocycles. The molecule has 1 aliphatic rings. The topological polar surface area (TPSA) is 28.7 Å². The molecular formula is C9H14N2S. The summed E-state index contributed by atoms with van der Waals surface area (Å²) in [7, 11) is 0. The molecule has 1 unspecified atom stereocenters. The number of nitrogens with one attached hydrogen (secondary N) is 1. The van der Waals surface area contributed by atoms with Crippen molar-refractivity contribution >= 4 is 12.6 Å². The van der Waals surface area contributed by atoms with Crippen molar-refractivity contribution in [3.63, 3.8) is 0 Å². The van der Waals surface area contributed by atoms with E-state index < -0.39 is 0 Å². The van der Waals surface area contributed by atoms with Crippen LogP contribution < -0.4 is 0 Å². The predicted octanol–water partition coefficient (Wildman–Crippen LogP) is 2.67. The van der Waals surface area contributed by atoms with Crippen molar-refractivity contribution in [3.8, 4) is 0 Å². The fraction of sp³-hybridized carbons (Fsp3) is 0.667. The lowest BCUT2D eigenvalue weighted by molar-refractivity contribution is 0.412. The Bertz CT molecular complexity index is 263. The Kier molecular flexibility index (Phi) is 2.13. The second-order valence-electron chi connectivity index (χ2n) is 3.53. The molecule has 66 valence electrons. The van der Waals surface area contributed by atoms with Crippen LogP contribution in [0.5, 0.6) is 0 Å². The maximum Gasteiger partial charge on any atom is 0.118 e. The number of hydrogen-bond donors (Lipinski definition) is 2. The van der Waals surface area contributed by atoms with Gasteiger partial charge in [0.05, 0.1) is 5.25 Å². The summed E-state index contributed by atoms with van der Waals surface area (Å²) in [5.74, 6) is 1.75. The van der Waals surface area contributed by atoms with Crippen LogP contribution in [0.4, 0.5) is 0 Å². The zero-order valence-corrected chi connectivity index (χ0v) is 8.14. The maximum atomic E-state index is 4.32. The molecular weight excluding hydrogens is 168 g/mol. The van der Waals surface area contributed by atoms with E-state index in [2.05, 4.69) is 22.6 Å². The first-order valence-electron chi connectivity index (χ1n) is 4.50. The highest BCUT2D eigenvalue weighted by atomic mass is 32.1. The molecule has 1 aliphatic carbocycles. The summed E-state index contributed by atoms with van der Waals surface area (Å²) in [4.78, 5) is 7.61. The van der Waals surface area contributed by atoms with Gasteiger partial charge in [-0.1, -0.05) is 6.42 Å². The highest BCUT2D eigenvalue weighted by molar-refractivity contribution is 7.80. The minimum absolute atomic E-state index is 0.221. The molecule has 0 aromatic carbocycles. The smallest absolute Gasteiger partial charge is 0.118 e. The SMILES string of the molecule is CC(S)c1ncc(C2CCC2)[nH]1. The average molecular weight is 182 g/mol. The largest absolute Gasteiger partial charge is 0.345 e. The molecule has 1 aromatic heterocycles. The zero-order chi connectivity index (χ0) is 8.55. The molecule has 0 aliphatic heterocycles. The second-order valence-corrected chi connectivity index (χ2v) is 4.30. The standard InChI is InChI=1S/C9H14N2S/c1-6(12)9-10-5-8(11-9)7-3-2-4-7/h5-7,12H,2-4H2,1H3,(H,10,11). The van der Waals surface area contributed by atoms with Crippen LogP contribution in [0.1, 0.15) is 48.9 Å². The number of hydrogen-bond acceptors (Lipinski definition) is 2. The van der Waals surface area contributed by atoms with E-state index in [0.717, 1.165) is 11.7 Å². The monoisotopic (exact) mass is 182 g/mol. The Morgan fingerprint density at radius 3 is 2.83 bits per heavy atom. The molecule has 1 aromatic rings. The van der Waals surface area contributed by atoms with E-state index in [-0.39, 0.29) is 5.25 Å². The van der Waals surface area contributed by atoms with Crippen molar-refractivity contribution in [1.29, 1.82) is 0 Å². The Labute approximate surface area is 78.2 Å². The lowest BCUT2D eigenvalue weighted by Crippen LogP contribution is -2.08. The van der Waals surface area contributed by atoms with E-state index in [9.17, 15) is 0 Å². The molecule has 0 bridgehead atoms. The first kappa shape index (κ1) is 8.17. The molecule has 2 nitrogen and oxygen atoms in total. The first-order chi connectivity index (χ1) is 5.77. The third-order valence-corrected chi connectivity index (χ3v) is 2.80. The third-order valence-electron chi connectivity index (χ3n) is 2.56. The summed E-state index contributed by atoms with van der Waals surface area (Å²) in [6.07, 6.45) is 5.98. The summed E-state index contributed by atoms with van der Waals surface area (Å²) in [6, 6.07) is 0. The van der Waals surface area contributed by atoms with E-state index in [0.29, 0.717) is 0 Å². The molecule has 3 heteroatoms. The lowest BCUT2D eigenvalue weighted by atomic mass is 9.83. The first-order valence-corrected chi connectivity index (χ1v) is 5.02. The van der Waals surface area contributed by atoms with Crippen molar-refractivity contribution in [3.05, 3.63) is 17.7 Å². The van der Waals surface area contributed by atoms with Crippen molar-refractivity contribution in [2.45, 2.75) is 37.4 Å². The van der Waals surface area contributed by atoms with Gasteiger partial charge in [0.15, 0.2) is 0 Å². The van der Waals surface area contributed by atoms with Gasteiger partial charge in [0.1, 0.15) is 5.82 Å². The molecule has 1 fully saturated rings. The van der Waals surface area contributed by atoms with Crippen LogP contribution in [0.3, 0.4) is 0 Å². The molecule has 1 saturated carbocycles. The Morgan fingerprint density at radius 1 is 1.67 bits per heavy atom. The predicted molar refractivity (Wildman–Crippen MR) is 52.6 cm³/mol. The quantitative estimate of drug-likeness (QED) is 0.676. The average Bonchev–Trinajstić information content (AvgIpc) is 2.32. The zero-order valence-electron chi connectivity index (χ0n) is 7.25. The lowest BCUT2D eigenvalue weighted by Gasteiger charge is -2.23. The fourth-order valence-electron chi connectivity index (χ4n) is 1.49. The third kappa shape index (κ3) is 1.38. The van der Waals surface area contributed by atoms with Gasteiger partial charge in [0.2, 0.25) is 0 Å². The van der Waals surface area contributed by atoms with E-state index >= 15 is 0 Å². The number of aromatic amines is 1. The molecule has 2 rings (SSSR count). The molecule has 0 amide bonds. The molecule has 1 atom stereocenters. The molecule has 0 radical (unpaired) electrons. The summed E-state index contributed by atoms with van der Waals surface area (Å²) in [5, 5.41) is 0.221. The Hall–Kier alpha value is -0.440. The minimum Gasteiger partial charge on any atom is -0.345 e. The summed E-state index contributed by atoms with van der Waals surface area (Å²) >= 11 is 4.32. The summed E-state index contributed by atoms with van der Waals surface area (Å²) in [5.41, 5.74) is 1.30. The van der Waals surface area contributed by atoms with Gasteiger partial charge in [0.25, 0.3) is 0 Å². The van der Waals surface area contributed by atoms with Gasteiger partial charge >= 0.3 is 0 Å². The Balaban J connectivity index is 2.12. The highest BCUT2D eigenvalue weighted by Gasteiger charge is 2.21. The van der Waals surface area contributed by atoms with Crippen LogP contribution in [0.15, 0.2) is 6.20 Å². The molecule has 1 N–H and O–H groups in total. The van der Waals surface area contributed by atoms with Crippen LogP contribution in [-0.2, 0) is 0 Å². The summed E-state index contributed by atoms with van der Waals surface area (Å²) < 4.78 is 0. The van der Waals surface area contributed by atoms with Crippen LogP contribution in [0, 0.1) is 0 Å². The van der Waals surface area contributed by atoms with E-state index in [1.54, 1.807) is 0 Å². The van der Waals surface area contributed by atoms with Crippen molar-refractivity contribution in [2.75, 3.05) is 0 Å². The van der Waals surface area contributed by atoms with Gasteiger partial charge in [-0.3, -0.25) is 0 Å². The van der Waals surface area contributed by atoms with Crippen LogP contribution in [0.25, 0.3) is 0 Å². The highest BCUT2D eigenvalue weighted by Crippen LogP contribution is 2.35. The van der Waals surface area contributed by atoms with E-state index in [1.165, 1.54) is 25.0 Å². The maximum absolute atomic E-state index is 4.32. The number of H-pyrrole nitrogens is 1. The van der Waals surface area contributed by atoms with Crippen LogP contribution in [-0.4, -0.2) is 9.97 Å². The van der Waals surface area contributed by atoms with Crippen LogP contribution >= 0.6 is 12.6 Å².